The zero-order valence-corrected chi connectivity index (χ0v) is 29.4. The van der Waals surface area contributed by atoms with E-state index >= 15 is 0 Å². The summed E-state index contributed by atoms with van der Waals surface area (Å²) in [7, 11) is 5.17. The van der Waals surface area contributed by atoms with Crippen molar-refractivity contribution in [1.29, 1.82) is 0 Å². The minimum Gasteiger partial charge on any atom is -0.459 e. The van der Waals surface area contributed by atoms with Crippen molar-refractivity contribution >= 4 is 17.8 Å². The molecule has 1 amide bonds. The topological polar surface area (TPSA) is 173 Å². The summed E-state index contributed by atoms with van der Waals surface area (Å²) in [5.41, 5.74) is -3.21. The Labute approximate surface area is 273 Å². The first kappa shape index (κ1) is 40.0. The number of hydrogen-bond donors (Lipinski definition) is 4. The monoisotopic (exact) mass is 658 g/mol. The van der Waals surface area contributed by atoms with Gasteiger partial charge in [0.2, 0.25) is 5.91 Å². The molecule has 46 heavy (non-hydrogen) atoms. The van der Waals surface area contributed by atoms with Gasteiger partial charge in [0.05, 0.1) is 29.8 Å². The number of methoxy groups -OCH3 is 1. The van der Waals surface area contributed by atoms with E-state index in [1.807, 2.05) is 25.9 Å². The molecule has 13 nitrogen and oxygen atoms in total. The summed E-state index contributed by atoms with van der Waals surface area (Å²) in [5, 5.41) is 36.7. The molecule has 0 bridgehead atoms. The lowest BCUT2D eigenvalue weighted by atomic mass is 9.77. The van der Waals surface area contributed by atoms with Gasteiger partial charge in [0, 0.05) is 31.1 Å². The van der Waals surface area contributed by atoms with E-state index in [4.69, 9.17) is 23.7 Å². The van der Waals surface area contributed by atoms with Crippen LogP contribution in [0.3, 0.4) is 0 Å². The van der Waals surface area contributed by atoms with Gasteiger partial charge in [0.15, 0.2) is 6.29 Å². The van der Waals surface area contributed by atoms with E-state index in [1.165, 1.54) is 21.0 Å². The summed E-state index contributed by atoms with van der Waals surface area (Å²) in [6, 6.07) is -1.21. The van der Waals surface area contributed by atoms with Crippen LogP contribution in [0.15, 0.2) is 12.7 Å². The highest BCUT2D eigenvalue weighted by molar-refractivity contribution is 5.82. The molecule has 266 valence electrons. The number of nitrogens with one attached hydrogen (secondary N) is 1. The number of carbonyl (C=O) groups excluding carboxylic acids is 3. The number of amides is 1. The van der Waals surface area contributed by atoms with Crippen LogP contribution >= 0.6 is 0 Å². The zero-order chi connectivity index (χ0) is 35.3. The maximum atomic E-state index is 13.7. The first-order valence-corrected chi connectivity index (χ1v) is 16.2. The van der Waals surface area contributed by atoms with Gasteiger partial charge in [-0.05, 0) is 68.0 Å². The molecule has 0 aromatic rings. The summed E-state index contributed by atoms with van der Waals surface area (Å²) in [5.74, 6) is -4.62. The van der Waals surface area contributed by atoms with Crippen LogP contribution in [0.4, 0.5) is 0 Å². The Kier molecular flexibility index (Phi) is 14.2. The molecule has 0 aliphatic carbocycles. The van der Waals surface area contributed by atoms with Gasteiger partial charge in [0.25, 0.3) is 0 Å². The van der Waals surface area contributed by atoms with Gasteiger partial charge in [-0.1, -0.05) is 27.4 Å². The molecule has 0 unspecified atom stereocenters. The Morgan fingerprint density at radius 3 is 2.28 bits per heavy atom. The number of carbonyl (C=O) groups is 3. The number of nitrogens with zero attached hydrogens (tertiary/aromatic N) is 1. The fourth-order valence-corrected chi connectivity index (χ4v) is 6.80. The Balaban J connectivity index is 2.75. The van der Waals surface area contributed by atoms with Crippen molar-refractivity contribution < 1.29 is 53.4 Å². The number of cyclic esters (lactones) is 1. The van der Waals surface area contributed by atoms with Crippen molar-refractivity contribution in [3.8, 4) is 0 Å². The standard InChI is InChI=1S/C33H58N2O11/c1-13-23-33(9,41)27(38)21(7)34-29(39)17(3)16-32(8,42-12)28(46-31-25(37)22(35(10)11)15-18(4)43-31)19(5)26(45-24(36)14-2)20(6)30(40)44-23/h14,17-23,25-28,31,37-38,41H,2,13,15-16H2,1,3-12H3,(H,34,39)/t17-,18-,19+,20-,21-,22+,23-,25+,26+,27-,28-,31+,32-,33-/m1/s1. The third-order valence-electron chi connectivity index (χ3n) is 9.79. The Bertz CT molecular complexity index is 1050. The summed E-state index contributed by atoms with van der Waals surface area (Å²) < 4.78 is 30.4. The second-order valence-electron chi connectivity index (χ2n) is 13.8. The van der Waals surface area contributed by atoms with Gasteiger partial charge < -0.3 is 49.2 Å². The predicted molar refractivity (Wildman–Crippen MR) is 169 cm³/mol. The number of esters is 2. The Hall–Kier alpha value is -2.13. The molecule has 2 aliphatic heterocycles. The average molecular weight is 659 g/mol. The van der Waals surface area contributed by atoms with Gasteiger partial charge >= 0.3 is 11.9 Å². The van der Waals surface area contributed by atoms with Crippen LogP contribution < -0.4 is 5.32 Å². The van der Waals surface area contributed by atoms with E-state index in [9.17, 15) is 29.7 Å². The maximum Gasteiger partial charge on any atom is 0.330 e. The van der Waals surface area contributed by atoms with E-state index in [0.717, 1.165) is 6.08 Å². The molecule has 0 saturated carbocycles. The second kappa shape index (κ2) is 16.3. The number of aliphatic hydroxyl groups is 3. The van der Waals surface area contributed by atoms with Crippen molar-refractivity contribution in [2.45, 2.75) is 141 Å². The molecule has 14 atom stereocenters. The average Bonchev–Trinajstić information content (AvgIpc) is 3.00. The van der Waals surface area contributed by atoms with Gasteiger partial charge in [-0.2, -0.15) is 0 Å². The summed E-state index contributed by atoms with van der Waals surface area (Å²) in [6.07, 6.45) is -5.58. The molecule has 4 N–H and O–H groups in total. The number of ether oxygens (including phenoxy) is 5. The molecule has 2 saturated heterocycles. The highest BCUT2D eigenvalue weighted by atomic mass is 16.7. The molecule has 0 radical (unpaired) electrons. The van der Waals surface area contributed by atoms with Crippen molar-refractivity contribution in [2.24, 2.45) is 17.8 Å². The third kappa shape index (κ3) is 9.06. The molecular formula is C33H58N2O11. The number of aliphatic hydroxyl groups excluding tert-OH is 2. The number of rotatable bonds is 7. The van der Waals surface area contributed by atoms with Crippen molar-refractivity contribution in [3.63, 3.8) is 0 Å². The Morgan fingerprint density at radius 1 is 1.15 bits per heavy atom. The summed E-state index contributed by atoms with van der Waals surface area (Å²) in [4.78, 5) is 41.8. The van der Waals surface area contributed by atoms with Gasteiger partial charge in [-0.25, -0.2) is 4.79 Å². The SMILES string of the molecule is C=CC(=O)O[C@H]1[C@H](C)[C@@H](O[C@@H]2O[C@H](C)C[C@H](N(C)C)[C@@H]2O)[C@](C)(OC)C[C@@H](C)C(=O)N[C@H](C)[C@@H](O)[C@](C)(O)[C@@H](CC)OC(=O)[C@@H]1C. The fourth-order valence-electron chi connectivity index (χ4n) is 6.80. The lowest BCUT2D eigenvalue weighted by Gasteiger charge is -2.48. The van der Waals surface area contributed by atoms with E-state index in [0.29, 0.717) is 6.42 Å². The first-order valence-electron chi connectivity index (χ1n) is 16.2. The van der Waals surface area contributed by atoms with Crippen LogP contribution in [-0.4, -0.2) is 125 Å². The molecule has 0 spiro atoms. The zero-order valence-electron chi connectivity index (χ0n) is 29.4. The lowest BCUT2D eigenvalue weighted by molar-refractivity contribution is -0.301. The fraction of sp³-hybridized carbons (Fsp3) is 0.848. The minimum absolute atomic E-state index is 0.0809. The van der Waals surface area contributed by atoms with Gasteiger partial charge in [-0.15, -0.1) is 0 Å². The van der Waals surface area contributed by atoms with Crippen molar-refractivity contribution in [1.82, 2.24) is 10.2 Å². The normalized spacial score (nSPS) is 43.5. The third-order valence-corrected chi connectivity index (χ3v) is 9.79. The van der Waals surface area contributed by atoms with Crippen molar-refractivity contribution in [2.75, 3.05) is 21.2 Å². The molecular weight excluding hydrogens is 600 g/mol. The van der Waals surface area contributed by atoms with E-state index < -0.39 is 89.7 Å². The van der Waals surface area contributed by atoms with Gasteiger partial charge in [-0.3, -0.25) is 9.59 Å². The maximum absolute atomic E-state index is 13.7. The molecule has 2 aliphatic rings. The highest BCUT2D eigenvalue weighted by Gasteiger charge is 2.51. The molecule has 13 heteroatoms. The Morgan fingerprint density at radius 2 is 1.76 bits per heavy atom. The summed E-state index contributed by atoms with van der Waals surface area (Å²) >= 11 is 0. The van der Waals surface area contributed by atoms with E-state index in [-0.39, 0.29) is 25.0 Å². The predicted octanol–water partition coefficient (Wildman–Crippen LogP) is 1.55. The molecule has 0 aromatic heterocycles. The van der Waals surface area contributed by atoms with Crippen LogP contribution in [0.25, 0.3) is 0 Å². The number of hydrogen-bond acceptors (Lipinski definition) is 12. The van der Waals surface area contributed by atoms with Crippen LogP contribution in [-0.2, 0) is 38.1 Å². The van der Waals surface area contributed by atoms with Crippen LogP contribution in [0.5, 0.6) is 0 Å². The van der Waals surface area contributed by atoms with Crippen molar-refractivity contribution in [3.05, 3.63) is 12.7 Å². The van der Waals surface area contributed by atoms with Crippen LogP contribution in [0.1, 0.15) is 74.7 Å². The second-order valence-corrected chi connectivity index (χ2v) is 13.8. The van der Waals surface area contributed by atoms with Gasteiger partial charge in [0.1, 0.15) is 30.0 Å². The highest BCUT2D eigenvalue weighted by Crippen LogP contribution is 2.38. The van der Waals surface area contributed by atoms with E-state index in [1.54, 1.807) is 34.6 Å². The largest absolute Gasteiger partial charge is 0.459 e. The lowest BCUT2D eigenvalue weighted by Crippen LogP contribution is -2.60. The molecule has 2 rings (SSSR count). The van der Waals surface area contributed by atoms with Crippen LogP contribution in [0.2, 0.25) is 0 Å². The van der Waals surface area contributed by atoms with Crippen LogP contribution in [0, 0.1) is 17.8 Å². The molecule has 2 fully saturated rings. The smallest absolute Gasteiger partial charge is 0.330 e. The minimum atomic E-state index is -1.94. The number of likely N-dealkylation sites (N-methyl/N-ethyl adjacent to an activating group) is 1. The quantitative estimate of drug-likeness (QED) is 0.230. The summed E-state index contributed by atoms with van der Waals surface area (Å²) in [6.45, 7) is 16.6. The molecule has 0 aromatic carbocycles. The van der Waals surface area contributed by atoms with E-state index in [2.05, 4.69) is 11.9 Å². The molecule has 2 heterocycles. The first-order chi connectivity index (χ1) is 21.2.